The van der Waals surface area contributed by atoms with Gasteiger partial charge >= 0.3 is 0 Å². The van der Waals surface area contributed by atoms with Gasteiger partial charge in [0.1, 0.15) is 0 Å². The lowest BCUT2D eigenvalue weighted by Gasteiger charge is -2.63. The summed E-state index contributed by atoms with van der Waals surface area (Å²) in [4.78, 5) is 0. The summed E-state index contributed by atoms with van der Waals surface area (Å²) in [5, 5.41) is 0. The lowest BCUT2D eigenvalue weighted by molar-refractivity contribution is 0.358. The van der Waals surface area contributed by atoms with Crippen molar-refractivity contribution < 1.29 is 0 Å². The van der Waals surface area contributed by atoms with Crippen LogP contribution in [0.1, 0.15) is 69.2 Å². The largest absolute Gasteiger partial charge is 0.320 e. The number of rotatable bonds is 10. The van der Waals surface area contributed by atoms with Crippen molar-refractivity contribution in [2.45, 2.75) is 91.4 Å². The van der Waals surface area contributed by atoms with Crippen LogP contribution in [0.25, 0.3) is 0 Å². The lowest BCUT2D eigenvalue weighted by atomic mass is 10.2. The molecule has 0 heterocycles. The van der Waals surface area contributed by atoms with Crippen LogP contribution in [0.15, 0.2) is 0 Å². The van der Waals surface area contributed by atoms with E-state index in [0.717, 1.165) is 0 Å². The van der Waals surface area contributed by atoms with Gasteiger partial charge in [0.15, 0.2) is 0 Å². The Kier molecular flexibility index (Phi) is 9.61. The maximum atomic E-state index is 3.15. The van der Waals surface area contributed by atoms with Gasteiger partial charge in [-0.2, -0.15) is 0 Å². The monoisotopic (exact) mass is 387 g/mol. The second kappa shape index (κ2) is 9.49. The van der Waals surface area contributed by atoms with Crippen LogP contribution in [-0.4, -0.2) is 64.9 Å². The van der Waals surface area contributed by atoms with Crippen LogP contribution in [0, 0.1) is 5.92 Å². The lowest BCUT2D eigenvalue weighted by Crippen LogP contribution is -2.80. The molecule has 0 aliphatic carbocycles. The average molecular weight is 388 g/mol. The Balaban J connectivity index is 6.92. The van der Waals surface area contributed by atoms with Crippen molar-refractivity contribution in [2.24, 2.45) is 5.92 Å². The van der Waals surface area contributed by atoms with Gasteiger partial charge in [0.25, 0.3) is 0 Å². The molecule has 0 aromatic carbocycles. The fourth-order valence-electron chi connectivity index (χ4n) is 6.07. The highest BCUT2D eigenvalue weighted by atomic mass is 28.4. The van der Waals surface area contributed by atoms with Crippen molar-refractivity contribution in [3.63, 3.8) is 0 Å². The Morgan fingerprint density at radius 3 is 0.880 bits per heavy atom. The van der Waals surface area contributed by atoms with E-state index in [0.29, 0.717) is 28.1 Å². The van der Waals surface area contributed by atoms with Gasteiger partial charge in [-0.3, -0.25) is 0 Å². The Bertz CT molecular complexity index is 315. The molecule has 0 aliphatic rings. The first kappa shape index (κ1) is 25.3. The second-order valence-corrected chi connectivity index (χ2v) is 21.0. The number of hydrogen-bond donors (Lipinski definition) is 0. The van der Waals surface area contributed by atoms with E-state index in [1.807, 2.05) is 0 Å². The molecular formula is C20H49N3Si2. The van der Waals surface area contributed by atoms with E-state index in [2.05, 4.69) is 111 Å². The molecule has 0 aromatic rings. The molecule has 25 heavy (non-hydrogen) atoms. The van der Waals surface area contributed by atoms with Crippen LogP contribution < -0.4 is 0 Å². The van der Waals surface area contributed by atoms with Crippen LogP contribution in [0.2, 0.25) is 22.2 Å². The van der Waals surface area contributed by atoms with Gasteiger partial charge in [-0.15, -0.1) is 0 Å². The van der Waals surface area contributed by atoms with Crippen LogP contribution in [0.4, 0.5) is 0 Å². The average Bonchev–Trinajstić information content (AvgIpc) is 2.35. The maximum absolute atomic E-state index is 3.15. The smallest absolute Gasteiger partial charge is 0.205 e. The van der Waals surface area contributed by atoms with Crippen LogP contribution in [0.3, 0.4) is 0 Å². The molecule has 0 N–H and O–H groups in total. The number of nitrogens with zero attached hydrogens (tertiary/aromatic N) is 3. The molecule has 0 aliphatic heterocycles. The highest BCUT2D eigenvalue weighted by molar-refractivity contribution is 6.92. The summed E-state index contributed by atoms with van der Waals surface area (Å²) in [5.74, 6) is 0.689. The first-order chi connectivity index (χ1) is 11.2. The zero-order valence-corrected chi connectivity index (χ0v) is 21.9. The Hall–Kier alpha value is 0.314. The minimum atomic E-state index is -1.86. The summed E-state index contributed by atoms with van der Waals surface area (Å²) in [6.45, 7) is 25.9. The molecule has 0 bridgehead atoms. The van der Waals surface area contributed by atoms with Crippen molar-refractivity contribution in [3.05, 3.63) is 0 Å². The topological polar surface area (TPSA) is 9.72 Å². The predicted molar refractivity (Wildman–Crippen MR) is 121 cm³/mol. The molecule has 0 fully saturated rings. The van der Waals surface area contributed by atoms with E-state index in [1.54, 1.807) is 0 Å². The van der Waals surface area contributed by atoms with Gasteiger partial charge in [-0.05, 0) is 62.8 Å². The third-order valence-corrected chi connectivity index (χ3v) is 20.2. The molecule has 152 valence electrons. The summed E-state index contributed by atoms with van der Waals surface area (Å²) in [7, 11) is 5.71. The molecule has 0 radical (unpaired) electrons. The molecule has 0 spiro atoms. The van der Waals surface area contributed by atoms with Gasteiger partial charge in [-0.1, -0.05) is 69.2 Å². The third-order valence-electron chi connectivity index (χ3n) is 6.24. The Labute approximate surface area is 162 Å². The minimum Gasteiger partial charge on any atom is -0.320 e. The molecule has 0 rings (SSSR count). The van der Waals surface area contributed by atoms with Crippen molar-refractivity contribution in [1.29, 1.82) is 0 Å². The molecule has 5 heteroatoms. The van der Waals surface area contributed by atoms with Crippen LogP contribution in [0.5, 0.6) is 0 Å². The standard InChI is InChI=1S/C20H49N3Si2/c1-16(2)15-23(24(17(3)4,18(5)6)21(11)12)25(19(7)8,20(9)10)22(13)14/h16-20H,15H2,1-14H3. The van der Waals surface area contributed by atoms with Crippen molar-refractivity contribution >= 4 is 16.8 Å². The molecule has 0 saturated heterocycles. The first-order valence-corrected chi connectivity index (χ1v) is 14.4. The van der Waals surface area contributed by atoms with Gasteiger partial charge < -0.3 is 13.4 Å². The summed E-state index contributed by atoms with van der Waals surface area (Å²) in [6, 6.07) is 0. The summed E-state index contributed by atoms with van der Waals surface area (Å²) >= 11 is 0. The first-order valence-electron chi connectivity index (χ1n) is 10.3. The zero-order chi connectivity index (χ0) is 20.3. The fraction of sp³-hybridized carbons (Fsp3) is 1.00. The van der Waals surface area contributed by atoms with Gasteiger partial charge in [-0.25, -0.2) is 0 Å². The van der Waals surface area contributed by atoms with Crippen molar-refractivity contribution in [3.8, 4) is 0 Å². The van der Waals surface area contributed by atoms with Crippen molar-refractivity contribution in [2.75, 3.05) is 34.7 Å². The van der Waals surface area contributed by atoms with Crippen LogP contribution >= 0.6 is 0 Å². The Morgan fingerprint density at radius 2 is 0.760 bits per heavy atom. The molecule has 0 amide bonds. The quantitative estimate of drug-likeness (QED) is 0.452. The van der Waals surface area contributed by atoms with E-state index in [1.165, 1.54) is 6.54 Å². The zero-order valence-electron chi connectivity index (χ0n) is 19.9. The van der Waals surface area contributed by atoms with Gasteiger partial charge in [0, 0.05) is 0 Å². The van der Waals surface area contributed by atoms with E-state index in [-0.39, 0.29) is 0 Å². The predicted octanol–water partition coefficient (Wildman–Crippen LogP) is 5.59. The summed E-state index contributed by atoms with van der Waals surface area (Å²) < 4.78 is 8.48. The molecule has 0 unspecified atom stereocenters. The fourth-order valence-corrected chi connectivity index (χ4v) is 24.2. The molecule has 0 atom stereocenters. The second-order valence-electron chi connectivity index (χ2n) is 9.98. The van der Waals surface area contributed by atoms with E-state index < -0.39 is 16.8 Å². The third kappa shape index (κ3) is 4.42. The van der Waals surface area contributed by atoms with Gasteiger partial charge in [0.05, 0.1) is 0 Å². The Morgan fingerprint density at radius 1 is 0.520 bits per heavy atom. The summed E-state index contributed by atoms with van der Waals surface area (Å²) in [6.07, 6.45) is 0. The summed E-state index contributed by atoms with van der Waals surface area (Å²) in [5.41, 5.74) is 2.80. The van der Waals surface area contributed by atoms with Crippen LogP contribution in [-0.2, 0) is 0 Å². The van der Waals surface area contributed by atoms with Gasteiger partial charge in [0.2, 0.25) is 16.8 Å². The van der Waals surface area contributed by atoms with E-state index >= 15 is 0 Å². The van der Waals surface area contributed by atoms with E-state index in [4.69, 9.17) is 0 Å². The molecule has 3 nitrogen and oxygen atoms in total. The highest BCUT2D eigenvalue weighted by Crippen LogP contribution is 2.47. The number of hydrogen-bond acceptors (Lipinski definition) is 3. The molecule has 0 aromatic heterocycles. The molecular weight excluding hydrogens is 338 g/mol. The SMILES string of the molecule is CC(C)CN([Si](C(C)C)(C(C)C)N(C)C)[Si](C(C)C)(C(C)C)N(C)C. The molecule has 0 saturated carbocycles. The maximum Gasteiger partial charge on any atom is 0.205 e. The van der Waals surface area contributed by atoms with Crippen molar-refractivity contribution in [1.82, 2.24) is 13.4 Å². The minimum absolute atomic E-state index is 0.689. The van der Waals surface area contributed by atoms with E-state index in [9.17, 15) is 0 Å². The normalized spacial score (nSPS) is 14.6. The highest BCUT2D eigenvalue weighted by Gasteiger charge is 2.60.